The van der Waals surface area contributed by atoms with Crippen molar-refractivity contribution in [1.82, 2.24) is 9.88 Å². The van der Waals surface area contributed by atoms with Gasteiger partial charge in [0.15, 0.2) is 0 Å². The Bertz CT molecular complexity index is 408. The summed E-state index contributed by atoms with van der Waals surface area (Å²) in [5, 5.41) is 0. The van der Waals surface area contributed by atoms with E-state index < -0.39 is 0 Å². The summed E-state index contributed by atoms with van der Waals surface area (Å²) < 4.78 is 0. The topological polar surface area (TPSA) is 19.4 Å². The highest BCUT2D eigenvalue weighted by molar-refractivity contribution is 6.17. The molecule has 0 aromatic carbocycles. The first-order valence-corrected chi connectivity index (χ1v) is 7.08. The van der Waals surface area contributed by atoms with E-state index in [1.165, 1.54) is 24.9 Å². The number of halogens is 1. The van der Waals surface area contributed by atoms with Gasteiger partial charge in [-0.15, -0.1) is 11.6 Å². The number of aromatic nitrogens is 1. The molecule has 0 bridgehead atoms. The number of likely N-dealkylation sites (tertiary alicyclic amines) is 1. The lowest BCUT2D eigenvalue weighted by Crippen LogP contribution is -2.37. The highest BCUT2D eigenvalue weighted by atomic mass is 35.5. The van der Waals surface area contributed by atoms with Crippen molar-refractivity contribution in [2.24, 2.45) is 0 Å². The van der Waals surface area contributed by atoms with Crippen LogP contribution in [0.25, 0.3) is 0 Å². The zero-order valence-corrected chi connectivity index (χ0v) is 12.2. The van der Waals surface area contributed by atoms with Gasteiger partial charge in [0.05, 0.1) is 0 Å². The molecule has 1 aromatic heterocycles. The molecule has 0 saturated carbocycles. The van der Waals surface area contributed by atoms with E-state index in [0.717, 1.165) is 17.9 Å². The van der Waals surface area contributed by atoms with Crippen LogP contribution in [0.1, 0.15) is 24.0 Å². The molecule has 0 spiro atoms. The molecule has 0 amide bonds. The van der Waals surface area contributed by atoms with Gasteiger partial charge < -0.3 is 9.80 Å². The smallest absolute Gasteiger partial charge is 0.131 e. The van der Waals surface area contributed by atoms with Gasteiger partial charge in [-0.1, -0.05) is 0 Å². The lowest BCUT2D eigenvalue weighted by Gasteiger charge is -2.27. The average Bonchev–Trinajstić information content (AvgIpc) is 2.74. The van der Waals surface area contributed by atoms with Gasteiger partial charge in [0.1, 0.15) is 5.82 Å². The minimum Gasteiger partial charge on any atom is -0.358 e. The quantitative estimate of drug-likeness (QED) is 0.782. The fourth-order valence-corrected chi connectivity index (χ4v) is 2.86. The van der Waals surface area contributed by atoms with Crippen molar-refractivity contribution >= 4 is 17.4 Å². The van der Waals surface area contributed by atoms with Crippen molar-refractivity contribution in [3.8, 4) is 0 Å². The number of likely N-dealkylation sites (N-methyl/N-ethyl adjacent to an activating group) is 2. The number of hydrogen-bond acceptors (Lipinski definition) is 3. The Morgan fingerprint density at radius 2 is 2.33 bits per heavy atom. The molecule has 1 fully saturated rings. The average molecular weight is 268 g/mol. The van der Waals surface area contributed by atoms with Crippen molar-refractivity contribution in [1.29, 1.82) is 0 Å². The van der Waals surface area contributed by atoms with Crippen LogP contribution in [0.15, 0.2) is 12.3 Å². The van der Waals surface area contributed by atoms with Gasteiger partial charge in [-0.05, 0) is 50.6 Å². The summed E-state index contributed by atoms with van der Waals surface area (Å²) in [5.74, 6) is 1.60. The molecule has 2 heterocycles. The zero-order chi connectivity index (χ0) is 13.1. The summed E-state index contributed by atoms with van der Waals surface area (Å²) in [7, 11) is 4.34. The summed E-state index contributed by atoms with van der Waals surface area (Å²) in [4.78, 5) is 9.25. The zero-order valence-electron chi connectivity index (χ0n) is 11.5. The third-order valence-electron chi connectivity index (χ3n) is 3.78. The van der Waals surface area contributed by atoms with Gasteiger partial charge in [-0.25, -0.2) is 4.98 Å². The number of hydrogen-bond donors (Lipinski definition) is 0. The predicted octanol–water partition coefficient (Wildman–Crippen LogP) is 2.66. The molecule has 4 heteroatoms. The molecule has 1 aromatic rings. The second kappa shape index (κ2) is 5.89. The first kappa shape index (κ1) is 13.6. The number of anilines is 1. The van der Waals surface area contributed by atoms with E-state index in [1.807, 2.05) is 6.20 Å². The number of rotatable bonds is 4. The first-order chi connectivity index (χ1) is 8.61. The second-order valence-corrected chi connectivity index (χ2v) is 5.54. The van der Waals surface area contributed by atoms with Crippen LogP contribution >= 0.6 is 11.6 Å². The molecular formula is C14H22ClN3. The van der Waals surface area contributed by atoms with Gasteiger partial charge in [0, 0.05) is 31.7 Å². The Labute approximate surface area is 115 Å². The molecule has 0 N–H and O–H groups in total. The Balaban J connectivity index is 2.06. The molecule has 1 atom stereocenters. The lowest BCUT2D eigenvalue weighted by molar-refractivity contribution is 0.314. The van der Waals surface area contributed by atoms with E-state index in [1.54, 1.807) is 0 Å². The molecule has 0 aliphatic carbocycles. The maximum Gasteiger partial charge on any atom is 0.131 e. The van der Waals surface area contributed by atoms with E-state index in [4.69, 9.17) is 11.6 Å². The van der Waals surface area contributed by atoms with E-state index >= 15 is 0 Å². The number of pyridine rings is 1. The van der Waals surface area contributed by atoms with Crippen LogP contribution in [0.4, 0.5) is 5.82 Å². The molecule has 1 aliphatic heterocycles. The SMILES string of the molecule is Cc1cc(CCl)cnc1N(C)CC1CCCN1C. The molecular weight excluding hydrogens is 246 g/mol. The van der Waals surface area contributed by atoms with Crippen LogP contribution in [0.2, 0.25) is 0 Å². The summed E-state index contributed by atoms with van der Waals surface area (Å²) in [6.45, 7) is 4.37. The Morgan fingerprint density at radius 3 is 2.89 bits per heavy atom. The molecule has 0 radical (unpaired) electrons. The van der Waals surface area contributed by atoms with E-state index in [-0.39, 0.29) is 0 Å². The summed E-state index contributed by atoms with van der Waals surface area (Å²) in [6.07, 6.45) is 4.48. The fourth-order valence-electron chi connectivity index (χ4n) is 2.71. The summed E-state index contributed by atoms with van der Waals surface area (Å²) in [5.41, 5.74) is 2.29. The maximum absolute atomic E-state index is 5.83. The van der Waals surface area contributed by atoms with Crippen LogP contribution in [-0.4, -0.2) is 43.1 Å². The van der Waals surface area contributed by atoms with Gasteiger partial charge >= 0.3 is 0 Å². The number of aryl methyl sites for hydroxylation is 1. The third-order valence-corrected chi connectivity index (χ3v) is 4.09. The minimum absolute atomic E-state index is 0.531. The normalized spacial score (nSPS) is 20.3. The molecule has 1 aliphatic rings. The molecule has 18 heavy (non-hydrogen) atoms. The predicted molar refractivity (Wildman–Crippen MR) is 77.5 cm³/mol. The largest absolute Gasteiger partial charge is 0.358 e. The van der Waals surface area contributed by atoms with Crippen LogP contribution in [0.5, 0.6) is 0 Å². The van der Waals surface area contributed by atoms with Crippen LogP contribution in [0, 0.1) is 6.92 Å². The molecule has 3 nitrogen and oxygen atoms in total. The molecule has 1 unspecified atom stereocenters. The Hall–Kier alpha value is -0.800. The highest BCUT2D eigenvalue weighted by Gasteiger charge is 2.22. The fraction of sp³-hybridized carbons (Fsp3) is 0.643. The maximum atomic E-state index is 5.83. The van der Waals surface area contributed by atoms with Crippen LogP contribution in [-0.2, 0) is 5.88 Å². The number of alkyl halides is 1. The Kier molecular flexibility index (Phi) is 4.46. The van der Waals surface area contributed by atoms with E-state index in [9.17, 15) is 0 Å². The monoisotopic (exact) mass is 267 g/mol. The van der Waals surface area contributed by atoms with E-state index in [2.05, 4.69) is 41.9 Å². The van der Waals surface area contributed by atoms with Gasteiger partial charge in [0.25, 0.3) is 0 Å². The standard InChI is InChI=1S/C14H22ClN3/c1-11-7-12(8-15)9-16-14(11)18(3)10-13-5-4-6-17(13)2/h7,9,13H,4-6,8,10H2,1-3H3. The second-order valence-electron chi connectivity index (χ2n) is 5.27. The van der Waals surface area contributed by atoms with Crippen molar-refractivity contribution in [3.63, 3.8) is 0 Å². The minimum atomic E-state index is 0.531. The van der Waals surface area contributed by atoms with Crippen molar-refractivity contribution in [3.05, 3.63) is 23.4 Å². The summed E-state index contributed by atoms with van der Waals surface area (Å²) in [6, 6.07) is 2.79. The first-order valence-electron chi connectivity index (χ1n) is 6.54. The molecule has 2 rings (SSSR count). The molecule has 100 valence electrons. The van der Waals surface area contributed by atoms with Crippen molar-refractivity contribution in [2.75, 3.05) is 32.1 Å². The van der Waals surface area contributed by atoms with E-state index in [0.29, 0.717) is 11.9 Å². The molecule has 1 saturated heterocycles. The van der Waals surface area contributed by atoms with Crippen LogP contribution < -0.4 is 4.90 Å². The van der Waals surface area contributed by atoms with Crippen molar-refractivity contribution < 1.29 is 0 Å². The number of nitrogens with zero attached hydrogens (tertiary/aromatic N) is 3. The third kappa shape index (κ3) is 2.96. The van der Waals surface area contributed by atoms with Crippen molar-refractivity contribution in [2.45, 2.75) is 31.7 Å². The van der Waals surface area contributed by atoms with Gasteiger partial charge in [0.2, 0.25) is 0 Å². The highest BCUT2D eigenvalue weighted by Crippen LogP contribution is 2.21. The summed E-state index contributed by atoms with van der Waals surface area (Å²) >= 11 is 5.83. The lowest BCUT2D eigenvalue weighted by atomic mass is 10.2. The van der Waals surface area contributed by atoms with Crippen LogP contribution in [0.3, 0.4) is 0 Å². The van der Waals surface area contributed by atoms with Gasteiger partial charge in [-0.3, -0.25) is 0 Å². The Morgan fingerprint density at radius 1 is 1.56 bits per heavy atom. The van der Waals surface area contributed by atoms with Gasteiger partial charge in [-0.2, -0.15) is 0 Å².